The number of benzene rings is 1. The van der Waals surface area contributed by atoms with E-state index in [1.165, 1.54) is 24.3 Å². The number of phenolic OH excluding ortho intramolecular Hbond substituents is 1. The van der Waals surface area contributed by atoms with E-state index in [0.717, 1.165) is 0 Å². The number of carbonyl (C=O) groups excluding carboxylic acids is 1. The van der Waals surface area contributed by atoms with E-state index in [4.69, 9.17) is 9.57 Å². The molecule has 1 aromatic carbocycles. The smallest absolute Gasteiger partial charge is 0.253 e. The van der Waals surface area contributed by atoms with Crippen LogP contribution in [0.2, 0.25) is 0 Å². The highest BCUT2D eigenvalue weighted by Crippen LogP contribution is 2.30. The van der Waals surface area contributed by atoms with Gasteiger partial charge in [-0.25, -0.2) is 18.6 Å². The lowest BCUT2D eigenvalue weighted by molar-refractivity contribution is -0.163. The molecule has 8 nitrogen and oxygen atoms in total. The molecule has 0 radical (unpaired) electrons. The molecule has 1 aromatic rings. The molecule has 0 aromatic heterocycles. The second-order valence-corrected chi connectivity index (χ2v) is 9.29. The number of ether oxygens (including phenoxy) is 1. The Morgan fingerprint density at radius 2 is 1.92 bits per heavy atom. The molecule has 1 amide bonds. The predicted octanol–water partition coefficient (Wildman–Crippen LogP) is 1.31. The fraction of sp³-hybridized carbons (Fsp3) is 0.588. The minimum absolute atomic E-state index is 0.00971. The zero-order valence-electron chi connectivity index (χ0n) is 15.4. The lowest BCUT2D eigenvalue weighted by Crippen LogP contribution is -2.59. The van der Waals surface area contributed by atoms with Crippen LogP contribution in [0, 0.1) is 5.41 Å². The Kier molecular flexibility index (Phi) is 5.96. The lowest BCUT2D eigenvalue weighted by Gasteiger charge is -2.40. The first-order valence-electron chi connectivity index (χ1n) is 8.32. The minimum atomic E-state index is -3.86. The maximum Gasteiger partial charge on any atom is 0.253 e. The van der Waals surface area contributed by atoms with Crippen LogP contribution >= 0.6 is 0 Å². The Labute approximate surface area is 153 Å². The molecule has 1 saturated heterocycles. The molecule has 9 heteroatoms. The summed E-state index contributed by atoms with van der Waals surface area (Å²) in [6.45, 7) is 7.41. The highest BCUT2D eigenvalue weighted by atomic mass is 32.2. The van der Waals surface area contributed by atoms with Crippen LogP contribution in [-0.4, -0.2) is 44.3 Å². The Bertz CT molecular complexity index is 742. The summed E-state index contributed by atoms with van der Waals surface area (Å²) in [6.07, 6.45) is 0.344. The summed E-state index contributed by atoms with van der Waals surface area (Å²) in [5.41, 5.74) is 0.697. The molecule has 146 valence electrons. The van der Waals surface area contributed by atoms with Gasteiger partial charge in [-0.05, 0) is 58.4 Å². The molecule has 0 spiro atoms. The minimum Gasteiger partial charge on any atom is -0.508 e. The molecule has 0 unspecified atom stereocenters. The normalized spacial score (nSPS) is 24.2. The summed E-state index contributed by atoms with van der Waals surface area (Å²) < 4.78 is 33.3. The first-order chi connectivity index (χ1) is 11.9. The summed E-state index contributed by atoms with van der Waals surface area (Å²) in [4.78, 5) is 18.0. The van der Waals surface area contributed by atoms with Crippen LogP contribution in [0.15, 0.2) is 29.2 Å². The number of rotatable bonds is 5. The molecule has 1 aliphatic rings. The van der Waals surface area contributed by atoms with Crippen molar-refractivity contribution >= 4 is 15.9 Å². The number of amides is 1. The SMILES string of the molecule is CC(C)(C)ONC(=O)[C@@]1(C)COCC[C@H]1NS(=O)(=O)c1ccc(O)cc1. The summed E-state index contributed by atoms with van der Waals surface area (Å²) >= 11 is 0. The van der Waals surface area contributed by atoms with E-state index >= 15 is 0 Å². The van der Waals surface area contributed by atoms with Gasteiger partial charge in [0.05, 0.1) is 22.5 Å². The number of phenols is 1. The van der Waals surface area contributed by atoms with Crippen molar-refractivity contribution in [3.8, 4) is 5.75 Å². The average molecular weight is 386 g/mol. The highest BCUT2D eigenvalue weighted by molar-refractivity contribution is 7.89. The zero-order chi connectivity index (χ0) is 19.6. The number of hydroxylamine groups is 1. The van der Waals surface area contributed by atoms with Crippen LogP contribution in [0.25, 0.3) is 0 Å². The van der Waals surface area contributed by atoms with Crippen LogP contribution in [0.3, 0.4) is 0 Å². The van der Waals surface area contributed by atoms with E-state index in [9.17, 15) is 18.3 Å². The number of nitrogens with one attached hydrogen (secondary N) is 2. The Morgan fingerprint density at radius 3 is 2.50 bits per heavy atom. The number of sulfonamides is 1. The zero-order valence-corrected chi connectivity index (χ0v) is 16.2. The van der Waals surface area contributed by atoms with Gasteiger partial charge in [0.1, 0.15) is 5.75 Å². The van der Waals surface area contributed by atoms with Crippen LogP contribution in [0.5, 0.6) is 5.75 Å². The van der Waals surface area contributed by atoms with Crippen molar-refractivity contribution in [2.75, 3.05) is 13.2 Å². The lowest BCUT2D eigenvalue weighted by atomic mass is 9.79. The average Bonchev–Trinajstić information content (AvgIpc) is 2.54. The fourth-order valence-electron chi connectivity index (χ4n) is 2.51. The number of carbonyl (C=O) groups is 1. The Hall–Kier alpha value is -1.68. The number of aromatic hydroxyl groups is 1. The monoisotopic (exact) mass is 386 g/mol. The van der Waals surface area contributed by atoms with Crippen molar-refractivity contribution in [1.29, 1.82) is 0 Å². The second kappa shape index (κ2) is 7.51. The van der Waals surface area contributed by atoms with Crippen molar-refractivity contribution in [2.24, 2.45) is 5.41 Å². The molecule has 3 N–H and O–H groups in total. The van der Waals surface area contributed by atoms with Gasteiger partial charge in [-0.15, -0.1) is 0 Å². The van der Waals surface area contributed by atoms with Gasteiger partial charge in [0.2, 0.25) is 10.0 Å². The van der Waals surface area contributed by atoms with Gasteiger partial charge in [-0.2, -0.15) is 0 Å². The van der Waals surface area contributed by atoms with Crippen molar-refractivity contribution < 1.29 is 27.9 Å². The van der Waals surface area contributed by atoms with Gasteiger partial charge < -0.3 is 9.84 Å². The van der Waals surface area contributed by atoms with E-state index in [2.05, 4.69) is 10.2 Å². The summed E-state index contributed by atoms with van der Waals surface area (Å²) in [6, 6.07) is 4.52. The predicted molar refractivity (Wildman–Crippen MR) is 94.7 cm³/mol. The van der Waals surface area contributed by atoms with E-state index in [-0.39, 0.29) is 17.3 Å². The van der Waals surface area contributed by atoms with Gasteiger partial charge >= 0.3 is 0 Å². The molecule has 1 fully saturated rings. The second-order valence-electron chi connectivity index (χ2n) is 7.57. The van der Waals surface area contributed by atoms with Gasteiger partial charge in [0.15, 0.2) is 0 Å². The largest absolute Gasteiger partial charge is 0.508 e. The molecule has 2 atom stereocenters. The first kappa shape index (κ1) is 20.6. The third kappa shape index (κ3) is 4.94. The quantitative estimate of drug-likeness (QED) is 0.658. The van der Waals surface area contributed by atoms with Gasteiger partial charge in [0, 0.05) is 12.6 Å². The molecule has 0 bridgehead atoms. The van der Waals surface area contributed by atoms with Crippen molar-refractivity contribution in [1.82, 2.24) is 10.2 Å². The van der Waals surface area contributed by atoms with Crippen LogP contribution in [0.1, 0.15) is 34.1 Å². The van der Waals surface area contributed by atoms with Crippen LogP contribution in [0.4, 0.5) is 0 Å². The molecular weight excluding hydrogens is 360 g/mol. The van der Waals surface area contributed by atoms with E-state index in [0.29, 0.717) is 13.0 Å². The molecule has 1 aliphatic heterocycles. The Balaban J connectivity index is 2.19. The van der Waals surface area contributed by atoms with Crippen LogP contribution in [-0.2, 0) is 24.4 Å². The van der Waals surface area contributed by atoms with Gasteiger partial charge in [-0.3, -0.25) is 9.63 Å². The van der Waals surface area contributed by atoms with E-state index in [1.807, 2.05) is 0 Å². The van der Waals surface area contributed by atoms with Crippen molar-refractivity contribution in [2.45, 2.75) is 50.7 Å². The fourth-order valence-corrected chi connectivity index (χ4v) is 3.90. The third-order valence-corrected chi connectivity index (χ3v) is 5.62. The molecule has 1 heterocycles. The van der Waals surface area contributed by atoms with E-state index < -0.39 is 33.0 Å². The Morgan fingerprint density at radius 1 is 1.31 bits per heavy atom. The topological polar surface area (TPSA) is 114 Å². The number of hydrogen-bond donors (Lipinski definition) is 3. The molecule has 0 saturated carbocycles. The van der Waals surface area contributed by atoms with Gasteiger partial charge in [-0.1, -0.05) is 0 Å². The maximum absolute atomic E-state index is 12.7. The van der Waals surface area contributed by atoms with Crippen LogP contribution < -0.4 is 10.2 Å². The molecule has 0 aliphatic carbocycles. The first-order valence-corrected chi connectivity index (χ1v) is 9.80. The standard InChI is InChI=1S/C17H26N2O6S/c1-16(2,3)25-18-15(21)17(4)11-24-10-9-14(17)19-26(22,23)13-7-5-12(20)6-8-13/h5-8,14,19-20H,9-11H2,1-4H3,(H,18,21)/t14-,17+/m1/s1. The van der Waals surface area contributed by atoms with Crippen molar-refractivity contribution in [3.05, 3.63) is 24.3 Å². The maximum atomic E-state index is 12.7. The summed E-state index contributed by atoms with van der Waals surface area (Å²) in [7, 11) is -3.86. The highest BCUT2D eigenvalue weighted by Gasteiger charge is 2.46. The third-order valence-electron chi connectivity index (χ3n) is 4.13. The summed E-state index contributed by atoms with van der Waals surface area (Å²) in [5.74, 6) is -0.482. The molecule has 26 heavy (non-hydrogen) atoms. The van der Waals surface area contributed by atoms with Crippen molar-refractivity contribution in [3.63, 3.8) is 0 Å². The molecular formula is C17H26N2O6S. The summed E-state index contributed by atoms with van der Waals surface area (Å²) in [5, 5.41) is 9.33. The van der Waals surface area contributed by atoms with Gasteiger partial charge in [0.25, 0.3) is 5.91 Å². The number of hydrogen-bond acceptors (Lipinski definition) is 6. The molecule has 2 rings (SSSR count). The van der Waals surface area contributed by atoms with E-state index in [1.54, 1.807) is 27.7 Å².